The van der Waals surface area contributed by atoms with Crippen molar-refractivity contribution in [2.75, 3.05) is 26.3 Å². The summed E-state index contributed by atoms with van der Waals surface area (Å²) in [5.74, 6) is 1.77. The van der Waals surface area contributed by atoms with Gasteiger partial charge in [-0.15, -0.1) is 0 Å². The van der Waals surface area contributed by atoms with Gasteiger partial charge in [0.1, 0.15) is 0 Å². The van der Waals surface area contributed by atoms with E-state index >= 15 is 0 Å². The number of carbonyl (C=O) groups is 1. The van der Waals surface area contributed by atoms with Crippen LogP contribution in [0.5, 0.6) is 11.5 Å². The summed E-state index contributed by atoms with van der Waals surface area (Å²) < 4.78 is 11.5. The van der Waals surface area contributed by atoms with Crippen LogP contribution in [0.3, 0.4) is 0 Å². The van der Waals surface area contributed by atoms with Gasteiger partial charge >= 0.3 is 0 Å². The van der Waals surface area contributed by atoms with E-state index in [-0.39, 0.29) is 17.9 Å². The van der Waals surface area contributed by atoms with E-state index in [2.05, 4.69) is 21.3 Å². The molecule has 1 N–H and O–H groups in total. The number of aromatic nitrogens is 1. The minimum Gasteiger partial charge on any atom is -0.490 e. The summed E-state index contributed by atoms with van der Waals surface area (Å²) in [6, 6.07) is 9.94. The van der Waals surface area contributed by atoms with Crippen LogP contribution in [0.2, 0.25) is 0 Å². The van der Waals surface area contributed by atoms with E-state index in [0.29, 0.717) is 13.2 Å². The van der Waals surface area contributed by atoms with E-state index in [0.717, 1.165) is 56.0 Å². The van der Waals surface area contributed by atoms with Crippen molar-refractivity contribution >= 4 is 5.91 Å². The summed E-state index contributed by atoms with van der Waals surface area (Å²) >= 11 is 0. The van der Waals surface area contributed by atoms with Gasteiger partial charge in [0.15, 0.2) is 11.5 Å². The lowest BCUT2D eigenvalue weighted by molar-refractivity contribution is -0.127. The van der Waals surface area contributed by atoms with Crippen molar-refractivity contribution in [3.05, 3.63) is 53.9 Å². The zero-order valence-corrected chi connectivity index (χ0v) is 17.0. The van der Waals surface area contributed by atoms with Gasteiger partial charge in [0.05, 0.1) is 19.3 Å². The van der Waals surface area contributed by atoms with E-state index in [4.69, 9.17) is 9.47 Å². The molecular weight excluding hydrogens is 366 g/mol. The molecule has 4 rings (SSSR count). The number of nitrogens with zero attached hydrogens (tertiary/aromatic N) is 2. The third kappa shape index (κ3) is 5.07. The maximum absolute atomic E-state index is 12.8. The molecule has 2 aliphatic rings. The van der Waals surface area contributed by atoms with Crippen molar-refractivity contribution in [1.82, 2.24) is 15.2 Å². The maximum atomic E-state index is 12.8. The van der Waals surface area contributed by atoms with Crippen LogP contribution >= 0.6 is 0 Å². The highest BCUT2D eigenvalue weighted by atomic mass is 16.5. The van der Waals surface area contributed by atoms with E-state index in [1.165, 1.54) is 5.56 Å². The number of ether oxygens (including phenoxy) is 2. The molecule has 1 aromatic heterocycles. The molecule has 0 radical (unpaired) electrons. The van der Waals surface area contributed by atoms with Gasteiger partial charge in [-0.25, -0.2) is 0 Å². The van der Waals surface area contributed by atoms with Crippen LogP contribution in [0.4, 0.5) is 0 Å². The Morgan fingerprint density at radius 1 is 1.21 bits per heavy atom. The number of nitrogens with one attached hydrogen (secondary N) is 1. The van der Waals surface area contributed by atoms with Crippen LogP contribution in [-0.4, -0.2) is 42.1 Å². The van der Waals surface area contributed by atoms with Crippen LogP contribution in [0, 0.1) is 5.92 Å². The zero-order valence-electron chi connectivity index (χ0n) is 17.0. The number of fused-ring (bicyclic) bond motifs is 1. The molecule has 1 fully saturated rings. The molecule has 2 aromatic rings. The molecule has 0 aliphatic carbocycles. The van der Waals surface area contributed by atoms with E-state index in [1.807, 2.05) is 37.4 Å². The van der Waals surface area contributed by atoms with Crippen molar-refractivity contribution in [3.8, 4) is 11.5 Å². The molecule has 0 bridgehead atoms. The molecule has 0 saturated carbocycles. The first-order chi connectivity index (χ1) is 14.2. The number of piperidine rings is 1. The van der Waals surface area contributed by atoms with Crippen LogP contribution in [0.15, 0.2) is 42.7 Å². The van der Waals surface area contributed by atoms with Crippen LogP contribution in [-0.2, 0) is 11.3 Å². The fourth-order valence-electron chi connectivity index (χ4n) is 3.97. The molecule has 3 heterocycles. The quantitative estimate of drug-likeness (QED) is 0.841. The van der Waals surface area contributed by atoms with Crippen LogP contribution in [0.1, 0.15) is 43.4 Å². The Bertz CT molecular complexity index is 819. The van der Waals surface area contributed by atoms with Crippen molar-refractivity contribution in [2.24, 2.45) is 5.92 Å². The summed E-state index contributed by atoms with van der Waals surface area (Å²) in [6.07, 6.45) is 6.37. The summed E-state index contributed by atoms with van der Waals surface area (Å²) in [7, 11) is 0. The first-order valence-corrected chi connectivity index (χ1v) is 10.5. The first kappa shape index (κ1) is 19.7. The standard InChI is InChI=1S/C23H29N3O3/c1-17(20-5-6-21-22(14-20)29-13-3-12-28-21)25-23(27)19-7-10-26(11-8-19)16-18-4-2-9-24-15-18/h2,4-6,9,14-15,17,19H,3,7-8,10-13,16H2,1H3,(H,25,27). The lowest BCUT2D eigenvalue weighted by atomic mass is 9.95. The first-order valence-electron chi connectivity index (χ1n) is 10.5. The predicted molar refractivity (Wildman–Crippen MR) is 111 cm³/mol. The number of hydrogen-bond donors (Lipinski definition) is 1. The molecule has 6 heteroatoms. The van der Waals surface area contributed by atoms with E-state index < -0.39 is 0 Å². The molecule has 2 aliphatic heterocycles. The molecule has 1 atom stereocenters. The molecule has 29 heavy (non-hydrogen) atoms. The lowest BCUT2D eigenvalue weighted by Gasteiger charge is -2.31. The number of amides is 1. The third-order valence-corrected chi connectivity index (χ3v) is 5.72. The lowest BCUT2D eigenvalue weighted by Crippen LogP contribution is -2.40. The van der Waals surface area contributed by atoms with Gasteiger partial charge < -0.3 is 14.8 Å². The Hall–Kier alpha value is -2.60. The molecule has 1 unspecified atom stereocenters. The van der Waals surface area contributed by atoms with Crippen molar-refractivity contribution in [1.29, 1.82) is 0 Å². The zero-order chi connectivity index (χ0) is 20.1. The minimum absolute atomic E-state index is 0.0620. The Balaban J connectivity index is 1.29. The van der Waals surface area contributed by atoms with Gasteiger partial charge in [-0.2, -0.15) is 0 Å². The smallest absolute Gasteiger partial charge is 0.223 e. The second-order valence-corrected chi connectivity index (χ2v) is 7.90. The van der Waals surface area contributed by atoms with Crippen molar-refractivity contribution < 1.29 is 14.3 Å². The van der Waals surface area contributed by atoms with Gasteiger partial charge in [-0.3, -0.25) is 14.7 Å². The van der Waals surface area contributed by atoms with Gasteiger partial charge in [0.2, 0.25) is 5.91 Å². The summed E-state index contributed by atoms with van der Waals surface area (Å²) in [4.78, 5) is 19.4. The number of likely N-dealkylation sites (tertiary alicyclic amines) is 1. The topological polar surface area (TPSA) is 63.7 Å². The number of benzene rings is 1. The Morgan fingerprint density at radius 2 is 2.00 bits per heavy atom. The average molecular weight is 396 g/mol. The molecule has 154 valence electrons. The molecule has 6 nitrogen and oxygen atoms in total. The molecule has 1 amide bonds. The fraction of sp³-hybridized carbons (Fsp3) is 0.478. The highest BCUT2D eigenvalue weighted by Crippen LogP contribution is 2.32. The fourth-order valence-corrected chi connectivity index (χ4v) is 3.97. The number of pyridine rings is 1. The van der Waals surface area contributed by atoms with Crippen LogP contribution < -0.4 is 14.8 Å². The molecule has 1 saturated heterocycles. The minimum atomic E-state index is -0.0620. The second kappa shape index (κ2) is 9.27. The van der Waals surface area contributed by atoms with Gasteiger partial charge in [-0.1, -0.05) is 12.1 Å². The van der Waals surface area contributed by atoms with Gasteiger partial charge in [-0.05, 0) is 62.2 Å². The number of hydrogen-bond acceptors (Lipinski definition) is 5. The summed E-state index contributed by atoms with van der Waals surface area (Å²) in [5.41, 5.74) is 2.26. The van der Waals surface area contributed by atoms with E-state index in [1.54, 1.807) is 6.20 Å². The van der Waals surface area contributed by atoms with Gasteiger partial charge in [0, 0.05) is 31.3 Å². The average Bonchev–Trinajstić information content (AvgIpc) is 3.00. The Labute approximate surface area is 172 Å². The van der Waals surface area contributed by atoms with E-state index in [9.17, 15) is 4.79 Å². The molecule has 0 spiro atoms. The molecular formula is C23H29N3O3. The molecule has 1 aromatic carbocycles. The monoisotopic (exact) mass is 395 g/mol. The Kier molecular flexibility index (Phi) is 6.30. The second-order valence-electron chi connectivity index (χ2n) is 7.90. The summed E-state index contributed by atoms with van der Waals surface area (Å²) in [5, 5.41) is 3.19. The largest absolute Gasteiger partial charge is 0.490 e. The highest BCUT2D eigenvalue weighted by molar-refractivity contribution is 5.79. The van der Waals surface area contributed by atoms with Crippen molar-refractivity contribution in [3.63, 3.8) is 0 Å². The summed E-state index contributed by atoms with van der Waals surface area (Å²) in [6.45, 7) is 6.13. The third-order valence-electron chi connectivity index (χ3n) is 5.72. The SMILES string of the molecule is CC(NC(=O)C1CCN(Cc2cccnc2)CC1)c1ccc2c(c1)OCCCO2. The van der Waals surface area contributed by atoms with Gasteiger partial charge in [0.25, 0.3) is 0 Å². The number of rotatable bonds is 5. The number of carbonyl (C=O) groups excluding carboxylic acids is 1. The highest BCUT2D eigenvalue weighted by Gasteiger charge is 2.26. The predicted octanol–water partition coefficient (Wildman–Crippen LogP) is 3.33. The van der Waals surface area contributed by atoms with Crippen molar-refractivity contribution in [2.45, 2.75) is 38.8 Å². The Morgan fingerprint density at radius 3 is 2.76 bits per heavy atom. The normalized spacial score (nSPS) is 18.7. The van der Waals surface area contributed by atoms with Crippen LogP contribution in [0.25, 0.3) is 0 Å². The maximum Gasteiger partial charge on any atom is 0.223 e.